The molecule has 2 aromatic carbocycles. The van der Waals surface area contributed by atoms with E-state index in [2.05, 4.69) is 4.98 Å². The van der Waals surface area contributed by atoms with Crippen LogP contribution in [0, 0.1) is 6.92 Å². The van der Waals surface area contributed by atoms with Gasteiger partial charge >= 0.3 is 0 Å². The van der Waals surface area contributed by atoms with Gasteiger partial charge in [0.05, 0.1) is 31.7 Å². The first-order chi connectivity index (χ1) is 17.4. The van der Waals surface area contributed by atoms with E-state index in [4.69, 9.17) is 9.47 Å². The van der Waals surface area contributed by atoms with Crippen molar-refractivity contribution in [1.29, 1.82) is 0 Å². The molecule has 188 valence electrons. The second-order valence-electron chi connectivity index (χ2n) is 8.77. The van der Waals surface area contributed by atoms with Crippen molar-refractivity contribution in [2.45, 2.75) is 39.3 Å². The number of aryl methyl sites for hydroxylation is 2. The van der Waals surface area contributed by atoms with Gasteiger partial charge in [0.1, 0.15) is 5.76 Å². The molecule has 1 unspecified atom stereocenters. The van der Waals surface area contributed by atoms with E-state index in [0.717, 1.165) is 12.0 Å². The predicted octanol–water partition coefficient (Wildman–Crippen LogP) is 4.50. The maximum atomic E-state index is 13.3. The lowest BCUT2D eigenvalue weighted by atomic mass is 9.94. The number of hydrogen-bond donors (Lipinski definition) is 1. The quantitative estimate of drug-likeness (QED) is 0.256. The first kappa shape index (κ1) is 25.0. The molecule has 8 nitrogen and oxygen atoms in total. The minimum Gasteiger partial charge on any atom is -0.507 e. The van der Waals surface area contributed by atoms with Gasteiger partial charge in [-0.15, -0.1) is 0 Å². The van der Waals surface area contributed by atoms with Crippen molar-refractivity contribution in [2.75, 3.05) is 20.3 Å². The standard InChI is InChI=1S/C28H31N3O5/c1-4-16-36-22-11-10-21(17-23(22)35-3)25-24(26(32)20-8-6-19(2)7-9-20)27(33)28(34)31(25)14-5-13-30-15-12-29-18-30/h6-12,15,17-18,25,32H,4-5,13-14,16H2,1-3H3/b26-24+. The van der Waals surface area contributed by atoms with Crippen LogP contribution < -0.4 is 9.47 Å². The van der Waals surface area contributed by atoms with Crippen LogP contribution in [0.15, 0.2) is 66.8 Å². The van der Waals surface area contributed by atoms with Crippen molar-refractivity contribution >= 4 is 17.4 Å². The highest BCUT2D eigenvalue weighted by Crippen LogP contribution is 2.42. The van der Waals surface area contributed by atoms with Crippen molar-refractivity contribution in [1.82, 2.24) is 14.5 Å². The van der Waals surface area contributed by atoms with E-state index in [9.17, 15) is 14.7 Å². The first-order valence-corrected chi connectivity index (χ1v) is 12.1. The molecule has 1 amide bonds. The van der Waals surface area contributed by atoms with Crippen LogP contribution in [0.5, 0.6) is 11.5 Å². The number of aliphatic hydroxyl groups is 1. The summed E-state index contributed by atoms with van der Waals surface area (Å²) in [5, 5.41) is 11.2. The van der Waals surface area contributed by atoms with E-state index >= 15 is 0 Å². The van der Waals surface area contributed by atoms with Gasteiger partial charge in [0.25, 0.3) is 11.7 Å². The topological polar surface area (TPSA) is 93.9 Å². The number of imidazole rings is 1. The molecular weight excluding hydrogens is 458 g/mol. The van der Waals surface area contributed by atoms with Gasteiger partial charge in [0, 0.05) is 31.0 Å². The third-order valence-corrected chi connectivity index (χ3v) is 6.20. The van der Waals surface area contributed by atoms with E-state index in [1.807, 2.05) is 42.8 Å². The normalized spacial score (nSPS) is 17.0. The number of nitrogens with zero attached hydrogens (tertiary/aromatic N) is 3. The van der Waals surface area contributed by atoms with Crippen LogP contribution in [-0.2, 0) is 16.1 Å². The lowest BCUT2D eigenvalue weighted by molar-refractivity contribution is -0.139. The average molecular weight is 490 g/mol. The van der Waals surface area contributed by atoms with Gasteiger partial charge in [-0.3, -0.25) is 9.59 Å². The van der Waals surface area contributed by atoms with Crippen LogP contribution in [0.3, 0.4) is 0 Å². The molecule has 2 heterocycles. The fraction of sp³-hybridized carbons (Fsp3) is 0.321. The number of methoxy groups -OCH3 is 1. The van der Waals surface area contributed by atoms with Crippen molar-refractivity contribution in [3.63, 3.8) is 0 Å². The summed E-state index contributed by atoms with van der Waals surface area (Å²) >= 11 is 0. The van der Waals surface area contributed by atoms with E-state index in [-0.39, 0.29) is 11.3 Å². The summed E-state index contributed by atoms with van der Waals surface area (Å²) in [5.74, 6) is -0.449. The fourth-order valence-corrected chi connectivity index (χ4v) is 4.35. The number of ketones is 1. The number of ether oxygens (including phenoxy) is 2. The number of carbonyl (C=O) groups excluding carboxylic acids is 2. The molecule has 1 fully saturated rings. The highest BCUT2D eigenvalue weighted by molar-refractivity contribution is 6.46. The molecule has 0 aliphatic carbocycles. The van der Waals surface area contributed by atoms with Gasteiger partial charge in [0.15, 0.2) is 11.5 Å². The molecule has 8 heteroatoms. The summed E-state index contributed by atoms with van der Waals surface area (Å²) in [6.45, 7) is 5.46. The largest absolute Gasteiger partial charge is 0.507 e. The third-order valence-electron chi connectivity index (χ3n) is 6.20. The molecule has 4 rings (SSSR count). The van der Waals surface area contributed by atoms with E-state index in [0.29, 0.717) is 48.7 Å². The number of benzene rings is 2. The molecular formula is C28H31N3O5. The number of rotatable bonds is 10. The molecule has 1 N–H and O–H groups in total. The number of carbonyl (C=O) groups is 2. The highest BCUT2D eigenvalue weighted by atomic mass is 16.5. The summed E-state index contributed by atoms with van der Waals surface area (Å²) in [6.07, 6.45) is 6.71. The molecule has 0 spiro atoms. The van der Waals surface area contributed by atoms with E-state index in [1.165, 1.54) is 4.90 Å². The maximum Gasteiger partial charge on any atom is 0.295 e. The summed E-state index contributed by atoms with van der Waals surface area (Å²) in [6, 6.07) is 11.8. The van der Waals surface area contributed by atoms with Crippen molar-refractivity contribution in [2.24, 2.45) is 0 Å². The van der Waals surface area contributed by atoms with Crippen molar-refractivity contribution in [3.05, 3.63) is 83.4 Å². The summed E-state index contributed by atoms with van der Waals surface area (Å²) < 4.78 is 13.3. The minimum atomic E-state index is -0.761. The Labute approximate surface area is 210 Å². The Bertz CT molecular complexity index is 1250. The summed E-state index contributed by atoms with van der Waals surface area (Å²) in [7, 11) is 1.55. The monoisotopic (exact) mass is 489 g/mol. The molecule has 1 aliphatic heterocycles. The average Bonchev–Trinajstić information content (AvgIpc) is 3.49. The van der Waals surface area contributed by atoms with Gasteiger partial charge in [-0.25, -0.2) is 4.98 Å². The van der Waals surface area contributed by atoms with Crippen molar-refractivity contribution < 1.29 is 24.2 Å². The molecule has 1 aliphatic rings. The zero-order valence-corrected chi connectivity index (χ0v) is 20.8. The Balaban J connectivity index is 1.75. The predicted molar refractivity (Wildman–Crippen MR) is 136 cm³/mol. The van der Waals surface area contributed by atoms with E-state index in [1.54, 1.807) is 43.9 Å². The first-order valence-electron chi connectivity index (χ1n) is 12.1. The second-order valence-corrected chi connectivity index (χ2v) is 8.77. The zero-order chi connectivity index (χ0) is 25.7. The molecule has 3 aromatic rings. The smallest absolute Gasteiger partial charge is 0.295 e. The van der Waals surface area contributed by atoms with Gasteiger partial charge in [0.2, 0.25) is 0 Å². The highest BCUT2D eigenvalue weighted by Gasteiger charge is 2.46. The molecule has 1 aromatic heterocycles. The minimum absolute atomic E-state index is 0.0655. The Kier molecular flexibility index (Phi) is 7.73. The van der Waals surface area contributed by atoms with Gasteiger partial charge < -0.3 is 24.0 Å². The van der Waals surface area contributed by atoms with E-state index < -0.39 is 17.7 Å². The third kappa shape index (κ3) is 5.12. The number of amides is 1. The van der Waals surface area contributed by atoms with Crippen LogP contribution in [0.2, 0.25) is 0 Å². The van der Waals surface area contributed by atoms with Gasteiger partial charge in [-0.1, -0.05) is 42.8 Å². The van der Waals surface area contributed by atoms with Gasteiger partial charge in [-0.05, 0) is 37.5 Å². The maximum absolute atomic E-state index is 13.3. The van der Waals surface area contributed by atoms with Gasteiger partial charge in [-0.2, -0.15) is 0 Å². The van der Waals surface area contributed by atoms with Crippen LogP contribution in [0.25, 0.3) is 5.76 Å². The molecule has 36 heavy (non-hydrogen) atoms. The fourth-order valence-electron chi connectivity index (χ4n) is 4.35. The van der Waals surface area contributed by atoms with Crippen LogP contribution in [0.4, 0.5) is 0 Å². The van der Waals surface area contributed by atoms with Crippen LogP contribution in [-0.4, -0.2) is 51.5 Å². The SMILES string of the molecule is CCCOc1ccc(C2/C(=C(\O)c3ccc(C)cc3)C(=O)C(=O)N2CCCn2ccnc2)cc1OC. The molecule has 0 radical (unpaired) electrons. The van der Waals surface area contributed by atoms with Crippen LogP contribution in [0.1, 0.15) is 42.5 Å². The molecule has 0 saturated carbocycles. The number of hydrogen-bond acceptors (Lipinski definition) is 6. The Morgan fingerprint density at radius 1 is 1.08 bits per heavy atom. The molecule has 1 saturated heterocycles. The number of aromatic nitrogens is 2. The van der Waals surface area contributed by atoms with Crippen LogP contribution >= 0.6 is 0 Å². The lowest BCUT2D eigenvalue weighted by Gasteiger charge is -2.26. The Morgan fingerprint density at radius 3 is 2.53 bits per heavy atom. The number of likely N-dealkylation sites (tertiary alicyclic amines) is 1. The lowest BCUT2D eigenvalue weighted by Crippen LogP contribution is -2.31. The summed E-state index contributed by atoms with van der Waals surface area (Å²) in [4.78, 5) is 32.0. The second kappa shape index (κ2) is 11.1. The van der Waals surface area contributed by atoms with Crippen molar-refractivity contribution in [3.8, 4) is 11.5 Å². The number of Topliss-reactive ketones (excluding diaryl/α,β-unsaturated/α-hetero) is 1. The summed E-state index contributed by atoms with van der Waals surface area (Å²) in [5.41, 5.74) is 2.23. The molecule has 1 atom stereocenters. The Morgan fingerprint density at radius 2 is 1.86 bits per heavy atom. The zero-order valence-electron chi connectivity index (χ0n) is 20.8. The Hall–Kier alpha value is -4.07. The molecule has 0 bridgehead atoms. The number of aliphatic hydroxyl groups excluding tert-OH is 1.